The number of nitrogens with two attached hydrogens (primary N) is 1. The Bertz CT molecular complexity index is 296. The summed E-state index contributed by atoms with van der Waals surface area (Å²) < 4.78 is 0. The zero-order chi connectivity index (χ0) is 10.7. The molecular weight excluding hydrogens is 182 g/mol. The summed E-state index contributed by atoms with van der Waals surface area (Å²) in [5.41, 5.74) is 6.56. The molecule has 0 aromatic carbocycles. The number of imidazole rings is 1. The number of nitrogens with one attached hydrogen (secondary N) is 1. The molecule has 0 radical (unpaired) electrons. The molecule has 1 aromatic heterocycles. The Balaban J connectivity index is 2.99. The van der Waals surface area contributed by atoms with E-state index in [0.717, 1.165) is 12.2 Å². The first-order valence-corrected chi connectivity index (χ1v) is 4.72. The third kappa shape index (κ3) is 2.12. The van der Waals surface area contributed by atoms with Gasteiger partial charge in [-0.3, -0.25) is 0 Å². The summed E-state index contributed by atoms with van der Waals surface area (Å²) in [6.45, 7) is 3.49. The molecule has 0 amide bonds. The van der Waals surface area contributed by atoms with E-state index >= 15 is 0 Å². The lowest BCUT2D eigenvalue weighted by Gasteiger charge is -2.12. The molecule has 2 atom stereocenters. The van der Waals surface area contributed by atoms with Crippen molar-refractivity contribution in [3.63, 3.8) is 0 Å². The van der Waals surface area contributed by atoms with E-state index in [0.29, 0.717) is 11.4 Å². The van der Waals surface area contributed by atoms with Gasteiger partial charge in [0.1, 0.15) is 11.9 Å². The largest absolute Gasteiger partial charge is 0.390 e. The average Bonchev–Trinajstić information content (AvgIpc) is 2.59. The molecule has 0 saturated heterocycles. The van der Waals surface area contributed by atoms with Crippen LogP contribution in [0.15, 0.2) is 0 Å². The standard InChI is InChI=1S/C9H17N3O2/c1-3-7-11-6(4-13)8(12-7)9(14)5(2)10/h5,9,13-14H,3-4,10H2,1-2H3,(H,11,12). The van der Waals surface area contributed by atoms with Gasteiger partial charge < -0.3 is 20.9 Å². The molecule has 0 aliphatic heterocycles. The molecule has 0 aliphatic rings. The predicted molar refractivity (Wildman–Crippen MR) is 52.5 cm³/mol. The summed E-state index contributed by atoms with van der Waals surface area (Å²) in [5, 5.41) is 18.7. The zero-order valence-corrected chi connectivity index (χ0v) is 8.49. The lowest BCUT2D eigenvalue weighted by molar-refractivity contribution is 0.145. The molecule has 0 fully saturated rings. The first-order valence-electron chi connectivity index (χ1n) is 4.72. The molecule has 2 unspecified atom stereocenters. The number of rotatable bonds is 4. The lowest BCUT2D eigenvalue weighted by atomic mass is 10.1. The van der Waals surface area contributed by atoms with Gasteiger partial charge in [-0.15, -0.1) is 0 Å². The number of aliphatic hydroxyl groups excluding tert-OH is 2. The topological polar surface area (TPSA) is 95.2 Å². The number of aliphatic hydroxyl groups is 2. The van der Waals surface area contributed by atoms with Crippen LogP contribution in [0.1, 0.15) is 37.2 Å². The minimum atomic E-state index is -0.825. The highest BCUT2D eigenvalue weighted by molar-refractivity contribution is 5.17. The highest BCUT2D eigenvalue weighted by Gasteiger charge is 2.20. The van der Waals surface area contributed by atoms with Crippen molar-refractivity contribution in [3.8, 4) is 0 Å². The molecule has 5 heteroatoms. The van der Waals surface area contributed by atoms with Crippen molar-refractivity contribution < 1.29 is 10.2 Å². The van der Waals surface area contributed by atoms with Gasteiger partial charge in [-0.1, -0.05) is 6.92 Å². The average molecular weight is 199 g/mol. The van der Waals surface area contributed by atoms with E-state index in [-0.39, 0.29) is 6.61 Å². The molecule has 5 N–H and O–H groups in total. The van der Waals surface area contributed by atoms with E-state index in [1.54, 1.807) is 6.92 Å². The van der Waals surface area contributed by atoms with Gasteiger partial charge in [-0.2, -0.15) is 0 Å². The number of hydrogen-bond donors (Lipinski definition) is 4. The fourth-order valence-corrected chi connectivity index (χ4v) is 1.26. The fourth-order valence-electron chi connectivity index (χ4n) is 1.26. The van der Waals surface area contributed by atoms with Crippen molar-refractivity contribution in [2.24, 2.45) is 5.73 Å². The fraction of sp³-hybridized carbons (Fsp3) is 0.667. The first kappa shape index (κ1) is 11.2. The van der Waals surface area contributed by atoms with E-state index in [2.05, 4.69) is 9.97 Å². The van der Waals surface area contributed by atoms with Crippen LogP contribution >= 0.6 is 0 Å². The van der Waals surface area contributed by atoms with Crippen molar-refractivity contribution in [3.05, 3.63) is 17.2 Å². The lowest BCUT2D eigenvalue weighted by Crippen LogP contribution is -2.25. The highest BCUT2D eigenvalue weighted by Crippen LogP contribution is 2.18. The third-order valence-corrected chi connectivity index (χ3v) is 2.13. The van der Waals surface area contributed by atoms with Gasteiger partial charge in [-0.25, -0.2) is 4.98 Å². The van der Waals surface area contributed by atoms with Crippen LogP contribution in [0, 0.1) is 0 Å². The van der Waals surface area contributed by atoms with Crippen LogP contribution in [0.25, 0.3) is 0 Å². The first-order chi connectivity index (χ1) is 6.60. The maximum atomic E-state index is 9.70. The Hall–Kier alpha value is -0.910. The van der Waals surface area contributed by atoms with E-state index in [4.69, 9.17) is 10.8 Å². The Kier molecular flexibility index (Phi) is 3.62. The summed E-state index contributed by atoms with van der Waals surface area (Å²) in [7, 11) is 0. The number of aromatic nitrogens is 2. The van der Waals surface area contributed by atoms with Crippen molar-refractivity contribution >= 4 is 0 Å². The Morgan fingerprint density at radius 1 is 1.57 bits per heavy atom. The van der Waals surface area contributed by atoms with E-state index < -0.39 is 12.1 Å². The molecule has 5 nitrogen and oxygen atoms in total. The van der Waals surface area contributed by atoms with Gasteiger partial charge >= 0.3 is 0 Å². The molecule has 1 heterocycles. The molecule has 1 aromatic rings. The van der Waals surface area contributed by atoms with Gasteiger partial charge in [0.15, 0.2) is 0 Å². The van der Waals surface area contributed by atoms with Gasteiger partial charge in [0.2, 0.25) is 0 Å². The van der Waals surface area contributed by atoms with E-state index in [9.17, 15) is 5.11 Å². The molecule has 0 saturated carbocycles. The third-order valence-electron chi connectivity index (χ3n) is 2.13. The number of aryl methyl sites for hydroxylation is 1. The quantitative estimate of drug-likeness (QED) is 0.542. The second-order valence-corrected chi connectivity index (χ2v) is 3.36. The smallest absolute Gasteiger partial charge is 0.113 e. The minimum absolute atomic E-state index is 0.161. The van der Waals surface area contributed by atoms with Gasteiger partial charge in [0, 0.05) is 12.5 Å². The number of aromatic amines is 1. The van der Waals surface area contributed by atoms with Crippen LogP contribution < -0.4 is 5.73 Å². The summed E-state index contributed by atoms with van der Waals surface area (Å²) in [4.78, 5) is 7.12. The van der Waals surface area contributed by atoms with Crippen LogP contribution in [-0.4, -0.2) is 26.2 Å². The normalized spacial score (nSPS) is 15.5. The maximum Gasteiger partial charge on any atom is 0.113 e. The summed E-state index contributed by atoms with van der Waals surface area (Å²) in [6, 6.07) is -0.395. The van der Waals surface area contributed by atoms with Gasteiger partial charge in [0.05, 0.1) is 18.0 Å². The van der Waals surface area contributed by atoms with Crippen LogP contribution in [0.5, 0.6) is 0 Å². The second-order valence-electron chi connectivity index (χ2n) is 3.36. The van der Waals surface area contributed by atoms with E-state index in [1.807, 2.05) is 6.92 Å². The summed E-state index contributed by atoms with van der Waals surface area (Å²) in [6.07, 6.45) is -0.0905. The molecule has 1 rings (SSSR count). The van der Waals surface area contributed by atoms with Crippen molar-refractivity contribution in [1.82, 2.24) is 9.97 Å². The van der Waals surface area contributed by atoms with Crippen LogP contribution in [0.4, 0.5) is 0 Å². The Morgan fingerprint density at radius 2 is 2.21 bits per heavy atom. The summed E-state index contributed by atoms with van der Waals surface area (Å²) in [5.74, 6) is 0.753. The molecule has 80 valence electrons. The summed E-state index contributed by atoms with van der Waals surface area (Å²) >= 11 is 0. The van der Waals surface area contributed by atoms with Crippen molar-refractivity contribution in [2.75, 3.05) is 0 Å². The van der Waals surface area contributed by atoms with Crippen LogP contribution in [-0.2, 0) is 13.0 Å². The molecular formula is C9H17N3O2. The Morgan fingerprint density at radius 3 is 2.64 bits per heavy atom. The zero-order valence-electron chi connectivity index (χ0n) is 8.49. The van der Waals surface area contributed by atoms with Gasteiger partial charge in [-0.05, 0) is 6.92 Å². The number of hydrogen-bond acceptors (Lipinski definition) is 4. The predicted octanol–water partition coefficient (Wildman–Crippen LogP) is -0.155. The van der Waals surface area contributed by atoms with Crippen LogP contribution in [0.2, 0.25) is 0 Å². The molecule has 0 spiro atoms. The number of H-pyrrole nitrogens is 1. The Labute approximate surface area is 83.0 Å². The number of nitrogens with zero attached hydrogens (tertiary/aromatic N) is 1. The van der Waals surface area contributed by atoms with Crippen molar-refractivity contribution in [2.45, 2.75) is 39.0 Å². The molecule has 14 heavy (non-hydrogen) atoms. The monoisotopic (exact) mass is 199 g/mol. The minimum Gasteiger partial charge on any atom is -0.390 e. The molecule has 0 aliphatic carbocycles. The molecule has 0 bridgehead atoms. The highest BCUT2D eigenvalue weighted by atomic mass is 16.3. The van der Waals surface area contributed by atoms with E-state index in [1.165, 1.54) is 0 Å². The second kappa shape index (κ2) is 4.54. The SMILES string of the molecule is CCc1nc(C(O)C(C)N)c(CO)[nH]1. The van der Waals surface area contributed by atoms with Crippen LogP contribution in [0.3, 0.4) is 0 Å². The van der Waals surface area contributed by atoms with Crippen molar-refractivity contribution in [1.29, 1.82) is 0 Å². The van der Waals surface area contributed by atoms with Gasteiger partial charge in [0.25, 0.3) is 0 Å². The maximum absolute atomic E-state index is 9.70.